The van der Waals surface area contributed by atoms with E-state index in [1.54, 1.807) is 20.8 Å². The van der Waals surface area contributed by atoms with E-state index in [0.29, 0.717) is 13.0 Å². The number of alkyl carbamates (subject to hydrolysis) is 1. The fourth-order valence-electron chi connectivity index (χ4n) is 0.584. The second kappa shape index (κ2) is 7.62. The summed E-state index contributed by atoms with van der Waals surface area (Å²) in [5.41, 5.74) is -0.455. The van der Waals surface area contributed by atoms with Gasteiger partial charge in [-0.2, -0.15) is 0 Å². The van der Waals surface area contributed by atoms with Gasteiger partial charge in [0.1, 0.15) is 5.60 Å². The number of hydrogen-bond donors (Lipinski definition) is 2. The van der Waals surface area contributed by atoms with E-state index in [1.807, 2.05) is 0 Å². The number of hydrogen-bond acceptors (Lipinski definition) is 3. The second-order valence-corrected chi connectivity index (χ2v) is 3.51. The Hall–Kier alpha value is 0.230. The topological polar surface area (TPSA) is 58.6 Å². The summed E-state index contributed by atoms with van der Waals surface area (Å²) in [6, 6.07) is 0. The van der Waals surface area contributed by atoms with Crippen molar-refractivity contribution in [2.45, 2.75) is 32.8 Å². The molecule has 0 aliphatic rings. The average Bonchev–Trinajstić information content (AvgIpc) is 1.84. The molecule has 0 aromatic rings. The number of ether oxygens (including phenoxy) is 1. The molecule has 0 aromatic heterocycles. The van der Waals surface area contributed by atoms with E-state index in [9.17, 15) is 4.79 Å². The van der Waals surface area contributed by atoms with Crippen LogP contribution in [0, 0.1) is 0 Å². The van der Waals surface area contributed by atoms with Crippen LogP contribution in [-0.4, -0.2) is 30.0 Å². The van der Waals surface area contributed by atoms with E-state index in [2.05, 4.69) is 5.32 Å². The summed E-state index contributed by atoms with van der Waals surface area (Å²) in [7, 11) is 0. The Morgan fingerprint density at radius 2 is 2.08 bits per heavy atom. The van der Waals surface area contributed by atoms with Gasteiger partial charge < -0.3 is 16.6 Å². The molecular weight excluding hydrogens is 181 g/mol. The minimum atomic E-state index is -0.455. The predicted octanol–water partition coefficient (Wildman–Crippen LogP) is -1.99. The first-order chi connectivity index (χ1) is 5.45. The van der Waals surface area contributed by atoms with Crippen LogP contribution in [0.25, 0.3) is 0 Å². The third-order valence-electron chi connectivity index (χ3n) is 1.00. The Kier molecular flexibility index (Phi) is 9.19. The number of rotatable bonds is 3. The zero-order valence-corrected chi connectivity index (χ0v) is 10.9. The first-order valence-corrected chi connectivity index (χ1v) is 4.03. The summed E-state index contributed by atoms with van der Waals surface area (Å²) in [6.07, 6.45) is 0.120. The number of carbonyl (C=O) groups excluding carboxylic acids is 1. The van der Waals surface area contributed by atoms with Crippen LogP contribution in [-0.2, 0) is 4.74 Å². The number of nitrogens with one attached hydrogen (secondary N) is 1. The molecule has 0 atom stereocenters. The molecule has 0 aliphatic heterocycles. The van der Waals surface area contributed by atoms with Crippen molar-refractivity contribution in [3.05, 3.63) is 0 Å². The van der Waals surface area contributed by atoms with Gasteiger partial charge in [0.25, 0.3) is 0 Å². The summed E-state index contributed by atoms with van der Waals surface area (Å²) in [5.74, 6) is 0. The summed E-state index contributed by atoms with van der Waals surface area (Å²) in [4.78, 5) is 10.9. The normalized spacial score (nSPS) is 10.2. The molecular formula is C8H18NNaO3. The molecule has 0 aliphatic carbocycles. The van der Waals surface area contributed by atoms with Crippen LogP contribution in [0.15, 0.2) is 0 Å². The first-order valence-electron chi connectivity index (χ1n) is 4.03. The van der Waals surface area contributed by atoms with Gasteiger partial charge in [0, 0.05) is 13.2 Å². The third-order valence-corrected chi connectivity index (χ3v) is 1.00. The van der Waals surface area contributed by atoms with Crippen LogP contribution >= 0.6 is 0 Å². The first kappa shape index (κ1) is 15.7. The van der Waals surface area contributed by atoms with Crippen molar-refractivity contribution in [3.8, 4) is 0 Å². The van der Waals surface area contributed by atoms with Crippen LogP contribution in [0.1, 0.15) is 28.6 Å². The van der Waals surface area contributed by atoms with Gasteiger partial charge >= 0.3 is 35.7 Å². The van der Waals surface area contributed by atoms with E-state index < -0.39 is 11.7 Å². The van der Waals surface area contributed by atoms with Crippen molar-refractivity contribution < 1.29 is 45.6 Å². The van der Waals surface area contributed by atoms with E-state index in [1.165, 1.54) is 0 Å². The van der Waals surface area contributed by atoms with Crippen molar-refractivity contribution in [3.63, 3.8) is 0 Å². The number of aliphatic hydroxyl groups excluding tert-OH is 1. The van der Waals surface area contributed by atoms with Crippen molar-refractivity contribution in [1.82, 2.24) is 5.32 Å². The molecule has 0 rings (SSSR count). The zero-order chi connectivity index (χ0) is 9.61. The van der Waals surface area contributed by atoms with Gasteiger partial charge in [-0.1, -0.05) is 0 Å². The molecule has 0 radical (unpaired) electrons. The number of carbonyl (C=O) groups is 1. The van der Waals surface area contributed by atoms with E-state index in [0.717, 1.165) is 0 Å². The van der Waals surface area contributed by atoms with E-state index >= 15 is 0 Å². The SMILES string of the molecule is CC(C)(C)OC(=O)NCCCO.[H-].[Na+]. The van der Waals surface area contributed by atoms with Gasteiger partial charge in [0.05, 0.1) is 0 Å². The van der Waals surface area contributed by atoms with E-state index in [4.69, 9.17) is 9.84 Å². The Labute approximate surface area is 103 Å². The largest absolute Gasteiger partial charge is 1.00 e. The zero-order valence-electron chi connectivity index (χ0n) is 9.89. The Morgan fingerprint density at radius 3 is 2.46 bits per heavy atom. The molecule has 74 valence electrons. The van der Waals surface area contributed by atoms with Crippen LogP contribution in [0.2, 0.25) is 0 Å². The summed E-state index contributed by atoms with van der Waals surface area (Å²) in [6.45, 7) is 5.94. The molecule has 0 saturated carbocycles. The van der Waals surface area contributed by atoms with Gasteiger partial charge in [0.15, 0.2) is 0 Å². The van der Waals surface area contributed by atoms with Gasteiger partial charge in [0.2, 0.25) is 0 Å². The van der Waals surface area contributed by atoms with Gasteiger partial charge in [-0.3, -0.25) is 0 Å². The standard InChI is InChI=1S/C8H17NO3.Na.H/c1-8(2,3)12-7(11)9-5-4-6-10;;/h10H,4-6H2,1-3H3,(H,9,11);;/q;+1;-1. The number of aliphatic hydroxyl groups is 1. The van der Waals surface area contributed by atoms with Crippen molar-refractivity contribution >= 4 is 6.09 Å². The fourth-order valence-corrected chi connectivity index (χ4v) is 0.584. The molecule has 0 heterocycles. The minimum Gasteiger partial charge on any atom is -1.00 e. The maximum Gasteiger partial charge on any atom is 1.00 e. The smallest absolute Gasteiger partial charge is 1.00 e. The molecule has 4 nitrogen and oxygen atoms in total. The molecule has 2 N–H and O–H groups in total. The van der Waals surface area contributed by atoms with Crippen molar-refractivity contribution in [2.75, 3.05) is 13.2 Å². The van der Waals surface area contributed by atoms with E-state index in [-0.39, 0.29) is 37.6 Å². The summed E-state index contributed by atoms with van der Waals surface area (Å²) >= 11 is 0. The van der Waals surface area contributed by atoms with Crippen molar-refractivity contribution in [1.29, 1.82) is 0 Å². The molecule has 5 heteroatoms. The summed E-state index contributed by atoms with van der Waals surface area (Å²) < 4.78 is 4.95. The van der Waals surface area contributed by atoms with Crippen LogP contribution in [0.4, 0.5) is 4.79 Å². The monoisotopic (exact) mass is 199 g/mol. The Bertz CT molecular complexity index is 150. The molecule has 13 heavy (non-hydrogen) atoms. The molecule has 0 aromatic carbocycles. The third kappa shape index (κ3) is 12.2. The van der Waals surface area contributed by atoms with Gasteiger partial charge in [-0.25, -0.2) is 4.79 Å². The second-order valence-electron chi connectivity index (χ2n) is 3.51. The molecule has 0 saturated heterocycles. The molecule has 0 fully saturated rings. The number of amides is 1. The van der Waals surface area contributed by atoms with Crippen molar-refractivity contribution in [2.24, 2.45) is 0 Å². The quantitative estimate of drug-likeness (QED) is 0.409. The maximum atomic E-state index is 10.9. The predicted molar refractivity (Wildman–Crippen MR) is 47.1 cm³/mol. The van der Waals surface area contributed by atoms with Gasteiger partial charge in [-0.05, 0) is 27.2 Å². The van der Waals surface area contributed by atoms with Gasteiger partial charge in [-0.15, -0.1) is 0 Å². The molecule has 0 unspecified atom stereocenters. The fraction of sp³-hybridized carbons (Fsp3) is 0.875. The summed E-state index contributed by atoms with van der Waals surface area (Å²) in [5, 5.41) is 10.9. The minimum absolute atomic E-state index is 0. The van der Waals surface area contributed by atoms with Crippen LogP contribution in [0.5, 0.6) is 0 Å². The van der Waals surface area contributed by atoms with Crippen LogP contribution < -0.4 is 34.9 Å². The maximum absolute atomic E-state index is 10.9. The van der Waals surface area contributed by atoms with Crippen LogP contribution in [0.3, 0.4) is 0 Å². The molecule has 0 spiro atoms. The average molecular weight is 199 g/mol. The molecule has 1 amide bonds. The Morgan fingerprint density at radius 1 is 1.54 bits per heavy atom. The molecule has 0 bridgehead atoms. The Balaban J connectivity index is -0.000000605.